The second kappa shape index (κ2) is 9.34. The highest BCUT2D eigenvalue weighted by Crippen LogP contribution is 2.19. The van der Waals surface area contributed by atoms with Crippen molar-refractivity contribution in [3.05, 3.63) is 71.3 Å². The summed E-state index contributed by atoms with van der Waals surface area (Å²) in [4.78, 5) is 17.6. The highest BCUT2D eigenvalue weighted by molar-refractivity contribution is 5.96. The Kier molecular flexibility index (Phi) is 6.62. The van der Waals surface area contributed by atoms with E-state index in [4.69, 9.17) is 0 Å². The van der Waals surface area contributed by atoms with Gasteiger partial charge in [-0.2, -0.15) is 5.26 Å². The van der Waals surface area contributed by atoms with Crippen LogP contribution in [0.2, 0.25) is 0 Å². The molecule has 0 radical (unpaired) electrons. The number of amides is 1. The van der Waals surface area contributed by atoms with E-state index in [2.05, 4.69) is 30.1 Å². The number of rotatable bonds is 6. The molecule has 1 atom stereocenters. The Morgan fingerprint density at radius 2 is 1.93 bits per heavy atom. The summed E-state index contributed by atoms with van der Waals surface area (Å²) in [5.41, 5.74) is 2.19. The van der Waals surface area contributed by atoms with E-state index in [1.54, 1.807) is 18.2 Å². The summed E-state index contributed by atoms with van der Waals surface area (Å²) in [6, 6.07) is 19.5. The Labute approximate surface area is 162 Å². The molecule has 0 N–H and O–H groups in total. The van der Waals surface area contributed by atoms with Crippen molar-refractivity contribution in [3.63, 3.8) is 0 Å². The van der Waals surface area contributed by atoms with Crippen molar-refractivity contribution in [2.45, 2.75) is 19.3 Å². The second-order valence-corrected chi connectivity index (χ2v) is 7.41. The lowest BCUT2D eigenvalue weighted by atomic mass is 9.97. The second-order valence-electron chi connectivity index (χ2n) is 7.41. The van der Waals surface area contributed by atoms with Crippen LogP contribution in [0.4, 0.5) is 0 Å². The van der Waals surface area contributed by atoms with E-state index < -0.39 is 0 Å². The molecule has 0 unspecified atom stereocenters. The molecule has 140 valence electrons. The minimum Gasteiger partial charge on any atom is -0.338 e. The largest absolute Gasteiger partial charge is 0.338 e. The van der Waals surface area contributed by atoms with Gasteiger partial charge in [-0.3, -0.25) is 4.79 Å². The van der Waals surface area contributed by atoms with Crippen LogP contribution in [-0.2, 0) is 6.42 Å². The van der Waals surface area contributed by atoms with E-state index in [0.29, 0.717) is 23.6 Å². The molecule has 0 aliphatic carbocycles. The molecule has 0 bridgehead atoms. The quantitative estimate of drug-likeness (QED) is 0.790. The van der Waals surface area contributed by atoms with Crippen LogP contribution in [0.1, 0.15) is 34.3 Å². The fourth-order valence-electron chi connectivity index (χ4n) is 3.86. The lowest BCUT2D eigenvalue weighted by Crippen LogP contribution is -2.42. The molecular weight excluding hydrogens is 334 g/mol. The lowest BCUT2D eigenvalue weighted by Gasteiger charge is -2.34. The van der Waals surface area contributed by atoms with Gasteiger partial charge in [0.05, 0.1) is 17.2 Å². The van der Waals surface area contributed by atoms with Crippen molar-refractivity contribution in [1.29, 1.82) is 5.26 Å². The molecule has 27 heavy (non-hydrogen) atoms. The molecule has 2 aromatic carbocycles. The molecule has 1 aliphatic heterocycles. The van der Waals surface area contributed by atoms with Crippen LogP contribution in [0, 0.1) is 17.2 Å². The number of nitrogens with zero attached hydrogens (tertiary/aromatic N) is 3. The first-order valence-electron chi connectivity index (χ1n) is 9.68. The number of likely N-dealkylation sites (tertiary alicyclic amines) is 1. The number of benzene rings is 2. The van der Waals surface area contributed by atoms with Crippen LogP contribution in [-0.4, -0.2) is 48.9 Å². The molecule has 3 rings (SSSR count). The average Bonchev–Trinajstić information content (AvgIpc) is 2.71. The summed E-state index contributed by atoms with van der Waals surface area (Å²) in [6.45, 7) is 3.57. The SMILES string of the molecule is CN1CCC[C@@H](CN(CCc2ccccc2)C(=O)c2ccccc2C#N)C1. The first-order valence-corrected chi connectivity index (χ1v) is 9.68. The number of hydrogen-bond donors (Lipinski definition) is 0. The first kappa shape index (κ1) is 19.1. The van der Waals surface area contributed by atoms with Gasteiger partial charge in [0.1, 0.15) is 0 Å². The number of nitriles is 1. The molecule has 1 fully saturated rings. The van der Waals surface area contributed by atoms with Gasteiger partial charge in [-0.1, -0.05) is 42.5 Å². The molecule has 2 aromatic rings. The Hall–Kier alpha value is -2.64. The fraction of sp³-hybridized carbons (Fsp3) is 0.391. The minimum atomic E-state index is -0.0312. The average molecular weight is 361 g/mol. The van der Waals surface area contributed by atoms with Crippen LogP contribution in [0.3, 0.4) is 0 Å². The van der Waals surface area contributed by atoms with Gasteiger partial charge in [0.15, 0.2) is 0 Å². The molecule has 4 nitrogen and oxygen atoms in total. The van der Waals surface area contributed by atoms with E-state index in [-0.39, 0.29) is 5.91 Å². The van der Waals surface area contributed by atoms with Crippen molar-refractivity contribution in [2.75, 3.05) is 33.2 Å². The third-order valence-electron chi connectivity index (χ3n) is 5.28. The molecule has 1 aliphatic rings. The molecule has 1 saturated heterocycles. The van der Waals surface area contributed by atoms with E-state index >= 15 is 0 Å². The van der Waals surface area contributed by atoms with E-state index in [1.807, 2.05) is 29.2 Å². The maximum Gasteiger partial charge on any atom is 0.255 e. The highest BCUT2D eigenvalue weighted by Gasteiger charge is 2.24. The summed E-state index contributed by atoms with van der Waals surface area (Å²) >= 11 is 0. The monoisotopic (exact) mass is 361 g/mol. The predicted molar refractivity (Wildman–Crippen MR) is 107 cm³/mol. The zero-order valence-corrected chi connectivity index (χ0v) is 16.0. The molecular formula is C23H27N3O. The van der Waals surface area contributed by atoms with Gasteiger partial charge in [-0.15, -0.1) is 0 Å². The smallest absolute Gasteiger partial charge is 0.255 e. The maximum absolute atomic E-state index is 13.3. The highest BCUT2D eigenvalue weighted by atomic mass is 16.2. The molecule has 1 heterocycles. The van der Waals surface area contributed by atoms with Gasteiger partial charge in [0.25, 0.3) is 5.91 Å². The van der Waals surface area contributed by atoms with Crippen molar-refractivity contribution >= 4 is 5.91 Å². The molecule has 0 saturated carbocycles. The summed E-state index contributed by atoms with van der Waals surface area (Å²) in [5.74, 6) is 0.453. The third-order valence-corrected chi connectivity index (χ3v) is 5.28. The topological polar surface area (TPSA) is 47.3 Å². The Morgan fingerprint density at radius 3 is 2.67 bits per heavy atom. The van der Waals surface area contributed by atoms with Gasteiger partial charge in [0.2, 0.25) is 0 Å². The summed E-state index contributed by atoms with van der Waals surface area (Å²) in [5, 5.41) is 9.39. The zero-order chi connectivity index (χ0) is 19.1. The summed E-state index contributed by atoms with van der Waals surface area (Å²) in [6.07, 6.45) is 3.15. The number of piperidine rings is 1. The molecule has 0 aromatic heterocycles. The van der Waals surface area contributed by atoms with Crippen LogP contribution in [0.5, 0.6) is 0 Å². The van der Waals surface area contributed by atoms with E-state index in [9.17, 15) is 10.1 Å². The number of carbonyl (C=O) groups is 1. The van der Waals surface area contributed by atoms with Gasteiger partial charge in [0, 0.05) is 19.6 Å². The Balaban J connectivity index is 1.77. The number of hydrogen-bond acceptors (Lipinski definition) is 3. The molecule has 4 heteroatoms. The summed E-state index contributed by atoms with van der Waals surface area (Å²) < 4.78 is 0. The van der Waals surface area contributed by atoms with Gasteiger partial charge < -0.3 is 9.80 Å². The van der Waals surface area contributed by atoms with Crippen molar-refractivity contribution < 1.29 is 4.79 Å². The van der Waals surface area contributed by atoms with Crippen LogP contribution >= 0.6 is 0 Å². The lowest BCUT2D eigenvalue weighted by molar-refractivity contribution is 0.0693. The van der Waals surface area contributed by atoms with Crippen LogP contribution in [0.15, 0.2) is 54.6 Å². The molecule has 0 spiro atoms. The maximum atomic E-state index is 13.3. The van der Waals surface area contributed by atoms with Crippen molar-refractivity contribution in [2.24, 2.45) is 5.92 Å². The zero-order valence-electron chi connectivity index (χ0n) is 16.0. The van der Waals surface area contributed by atoms with Gasteiger partial charge in [-0.25, -0.2) is 0 Å². The third kappa shape index (κ3) is 5.18. The Morgan fingerprint density at radius 1 is 1.19 bits per heavy atom. The van der Waals surface area contributed by atoms with E-state index in [0.717, 1.165) is 32.5 Å². The van der Waals surface area contributed by atoms with Gasteiger partial charge >= 0.3 is 0 Å². The standard InChI is InChI=1S/C23H27N3O/c1-25-14-7-10-20(17-25)18-26(15-13-19-8-3-2-4-9-19)23(27)22-12-6-5-11-21(22)16-24/h2-6,8-9,11-12,20H,7,10,13-15,17-18H2,1H3/t20-/m1/s1. The van der Waals surface area contributed by atoms with Crippen molar-refractivity contribution in [1.82, 2.24) is 9.80 Å². The summed E-state index contributed by atoms with van der Waals surface area (Å²) in [7, 11) is 2.15. The van der Waals surface area contributed by atoms with Crippen LogP contribution in [0.25, 0.3) is 0 Å². The Bertz CT molecular complexity index is 797. The first-order chi connectivity index (χ1) is 13.2. The van der Waals surface area contributed by atoms with Crippen molar-refractivity contribution in [3.8, 4) is 6.07 Å². The number of carbonyl (C=O) groups excluding carboxylic acids is 1. The van der Waals surface area contributed by atoms with Crippen LogP contribution < -0.4 is 0 Å². The molecule has 1 amide bonds. The predicted octanol–water partition coefficient (Wildman–Crippen LogP) is 3.58. The minimum absolute atomic E-state index is 0.0312. The van der Waals surface area contributed by atoms with E-state index in [1.165, 1.54) is 12.0 Å². The van der Waals surface area contributed by atoms with Gasteiger partial charge in [-0.05, 0) is 56.5 Å². The normalized spacial score (nSPS) is 17.3. The fourth-order valence-corrected chi connectivity index (χ4v) is 3.86.